The van der Waals surface area contributed by atoms with Crippen LogP contribution in [-0.4, -0.2) is 28.3 Å². The van der Waals surface area contributed by atoms with Crippen LogP contribution in [0.1, 0.15) is 18.2 Å². The van der Waals surface area contributed by atoms with Crippen LogP contribution in [0.2, 0.25) is 0 Å². The molecule has 0 aliphatic heterocycles. The molecular formula is C15H15NO4. The van der Waals surface area contributed by atoms with Gasteiger partial charge in [0.15, 0.2) is 0 Å². The molecule has 1 aromatic heterocycles. The van der Waals surface area contributed by atoms with Crippen molar-refractivity contribution in [2.24, 2.45) is 0 Å². The highest BCUT2D eigenvalue weighted by Gasteiger charge is 2.16. The molecular weight excluding hydrogens is 258 g/mol. The second kappa shape index (κ2) is 5.61. The topological polar surface area (TPSA) is 68.5 Å². The molecule has 104 valence electrons. The Morgan fingerprint density at radius 3 is 2.70 bits per heavy atom. The van der Waals surface area contributed by atoms with Crippen molar-refractivity contribution < 1.29 is 19.4 Å². The largest absolute Gasteiger partial charge is 0.464 e. The summed E-state index contributed by atoms with van der Waals surface area (Å²) >= 11 is 0. The molecule has 0 bridgehead atoms. The molecule has 20 heavy (non-hydrogen) atoms. The zero-order valence-electron chi connectivity index (χ0n) is 11.3. The van der Waals surface area contributed by atoms with Gasteiger partial charge in [-0.3, -0.25) is 0 Å². The highest BCUT2D eigenvalue weighted by atomic mass is 16.5. The molecule has 2 rings (SSSR count). The van der Waals surface area contributed by atoms with Gasteiger partial charge in [-0.2, -0.15) is 0 Å². The van der Waals surface area contributed by atoms with E-state index in [2.05, 4.69) is 0 Å². The maximum absolute atomic E-state index is 11.4. The molecule has 0 saturated carbocycles. The maximum Gasteiger partial charge on any atom is 0.416 e. The third kappa shape index (κ3) is 2.42. The number of hydrogen-bond donors (Lipinski definition) is 1. The lowest BCUT2D eigenvalue weighted by Gasteiger charge is -2.00. The first kappa shape index (κ1) is 13.9. The van der Waals surface area contributed by atoms with Crippen LogP contribution in [0.3, 0.4) is 0 Å². The Bertz CT molecular complexity index is 697. The van der Waals surface area contributed by atoms with Gasteiger partial charge in [0.1, 0.15) is 0 Å². The molecule has 0 atom stereocenters. The first-order chi connectivity index (χ1) is 9.56. The number of esters is 1. The highest BCUT2D eigenvalue weighted by Crippen LogP contribution is 2.26. The first-order valence-corrected chi connectivity index (χ1v) is 6.24. The number of fused-ring (bicyclic) bond motifs is 1. The molecule has 0 aliphatic carbocycles. The normalized spacial score (nSPS) is 11.1. The summed E-state index contributed by atoms with van der Waals surface area (Å²) in [7, 11) is 0. The van der Waals surface area contributed by atoms with Crippen molar-refractivity contribution in [2.75, 3.05) is 6.61 Å². The van der Waals surface area contributed by atoms with Crippen molar-refractivity contribution in [3.63, 3.8) is 0 Å². The Morgan fingerprint density at radius 2 is 2.05 bits per heavy atom. The van der Waals surface area contributed by atoms with Crippen LogP contribution >= 0.6 is 0 Å². The van der Waals surface area contributed by atoms with E-state index in [0.29, 0.717) is 23.4 Å². The lowest BCUT2D eigenvalue weighted by molar-refractivity contribution is -0.137. The van der Waals surface area contributed by atoms with Crippen molar-refractivity contribution in [3.05, 3.63) is 41.6 Å². The van der Waals surface area contributed by atoms with Gasteiger partial charge >= 0.3 is 12.1 Å². The summed E-state index contributed by atoms with van der Waals surface area (Å²) in [4.78, 5) is 22.7. The number of ether oxygens (including phenoxy) is 1. The Kier molecular flexibility index (Phi) is 3.89. The number of para-hydroxylation sites is 1. The fraction of sp³-hybridized carbons (Fsp3) is 0.200. The van der Waals surface area contributed by atoms with Crippen molar-refractivity contribution in [1.29, 1.82) is 0 Å². The summed E-state index contributed by atoms with van der Waals surface area (Å²) in [5, 5.41) is 10.1. The van der Waals surface area contributed by atoms with E-state index >= 15 is 0 Å². The second-order valence-electron chi connectivity index (χ2n) is 4.22. The van der Waals surface area contributed by atoms with Crippen molar-refractivity contribution in [1.82, 2.24) is 4.57 Å². The lowest BCUT2D eigenvalue weighted by atomic mass is 10.1. The minimum absolute atomic E-state index is 0.305. The smallest absolute Gasteiger partial charge is 0.416 e. The van der Waals surface area contributed by atoms with Crippen LogP contribution in [0.5, 0.6) is 0 Å². The molecule has 0 saturated heterocycles. The van der Waals surface area contributed by atoms with E-state index in [-0.39, 0.29) is 0 Å². The predicted octanol–water partition coefficient (Wildman–Crippen LogP) is 3.05. The van der Waals surface area contributed by atoms with Gasteiger partial charge < -0.3 is 9.84 Å². The summed E-state index contributed by atoms with van der Waals surface area (Å²) in [6.45, 7) is 3.74. The van der Waals surface area contributed by atoms with E-state index in [1.807, 2.05) is 12.1 Å². The molecule has 1 N–H and O–H groups in total. The monoisotopic (exact) mass is 273 g/mol. The maximum atomic E-state index is 11.4. The number of carbonyl (C=O) groups excluding carboxylic acids is 1. The number of benzene rings is 1. The van der Waals surface area contributed by atoms with Gasteiger partial charge in [-0.25, -0.2) is 14.2 Å². The van der Waals surface area contributed by atoms with Crippen LogP contribution in [0, 0.1) is 6.92 Å². The zero-order chi connectivity index (χ0) is 14.7. The third-order valence-electron chi connectivity index (χ3n) is 3.02. The average molecular weight is 273 g/mol. The molecule has 2 aromatic rings. The van der Waals surface area contributed by atoms with Gasteiger partial charge in [-0.15, -0.1) is 0 Å². The zero-order valence-corrected chi connectivity index (χ0v) is 11.3. The molecule has 5 heteroatoms. The number of aromatic nitrogens is 1. The molecule has 0 unspecified atom stereocenters. The summed E-state index contributed by atoms with van der Waals surface area (Å²) in [5.41, 5.74) is 1.87. The Morgan fingerprint density at radius 1 is 1.35 bits per heavy atom. The predicted molar refractivity (Wildman–Crippen MR) is 75.8 cm³/mol. The van der Waals surface area contributed by atoms with Gasteiger partial charge in [-0.1, -0.05) is 18.2 Å². The minimum Gasteiger partial charge on any atom is -0.464 e. The van der Waals surface area contributed by atoms with E-state index in [9.17, 15) is 14.7 Å². The van der Waals surface area contributed by atoms with Crippen molar-refractivity contribution >= 4 is 29.0 Å². The van der Waals surface area contributed by atoms with Crippen LogP contribution in [0.15, 0.2) is 30.3 Å². The molecule has 0 fully saturated rings. The molecule has 0 amide bonds. The number of rotatable bonds is 3. The van der Waals surface area contributed by atoms with Gasteiger partial charge in [0.2, 0.25) is 0 Å². The van der Waals surface area contributed by atoms with E-state index in [0.717, 1.165) is 5.39 Å². The van der Waals surface area contributed by atoms with Gasteiger partial charge in [0, 0.05) is 22.7 Å². The highest BCUT2D eigenvalue weighted by molar-refractivity contribution is 5.99. The average Bonchev–Trinajstić information content (AvgIpc) is 2.68. The number of carbonyl (C=O) groups is 2. The lowest BCUT2D eigenvalue weighted by Crippen LogP contribution is -2.09. The molecule has 5 nitrogen and oxygen atoms in total. The van der Waals surface area contributed by atoms with Gasteiger partial charge in [-0.05, 0) is 26.0 Å². The quantitative estimate of drug-likeness (QED) is 0.689. The number of nitrogens with zero attached hydrogens (tertiary/aromatic N) is 1. The fourth-order valence-electron chi connectivity index (χ4n) is 2.19. The van der Waals surface area contributed by atoms with Crippen LogP contribution < -0.4 is 0 Å². The number of hydrogen-bond acceptors (Lipinski definition) is 3. The molecule has 0 spiro atoms. The van der Waals surface area contributed by atoms with Crippen LogP contribution in [-0.2, 0) is 9.53 Å². The van der Waals surface area contributed by atoms with Crippen LogP contribution in [0.25, 0.3) is 17.0 Å². The van der Waals surface area contributed by atoms with Crippen molar-refractivity contribution in [2.45, 2.75) is 13.8 Å². The Balaban J connectivity index is 2.56. The SMILES string of the molecule is CCOC(=O)/C=C/c1c(C)n(C(=O)O)c2ccccc12. The fourth-order valence-corrected chi connectivity index (χ4v) is 2.19. The standard InChI is InChI=1S/C15H15NO4/c1-3-20-14(17)9-8-11-10(2)16(15(18)19)13-7-5-4-6-12(11)13/h4-9H,3H2,1-2H3,(H,18,19)/b9-8+. The van der Waals surface area contributed by atoms with Crippen LogP contribution in [0.4, 0.5) is 4.79 Å². The van der Waals surface area contributed by atoms with E-state index in [1.54, 1.807) is 32.1 Å². The summed E-state index contributed by atoms with van der Waals surface area (Å²) < 4.78 is 6.03. The first-order valence-electron chi connectivity index (χ1n) is 6.24. The van der Waals surface area contributed by atoms with E-state index in [1.165, 1.54) is 10.6 Å². The Hall–Kier alpha value is -2.56. The van der Waals surface area contributed by atoms with Crippen molar-refractivity contribution in [3.8, 4) is 0 Å². The summed E-state index contributed by atoms with van der Waals surface area (Å²) in [5.74, 6) is -0.445. The molecule has 1 heterocycles. The Labute approximate surface area is 116 Å². The van der Waals surface area contributed by atoms with E-state index < -0.39 is 12.1 Å². The molecule has 0 aliphatic rings. The molecule has 1 aromatic carbocycles. The second-order valence-corrected chi connectivity index (χ2v) is 4.22. The third-order valence-corrected chi connectivity index (χ3v) is 3.02. The minimum atomic E-state index is -1.05. The van der Waals surface area contributed by atoms with E-state index in [4.69, 9.17) is 4.74 Å². The van der Waals surface area contributed by atoms with Gasteiger partial charge in [0.25, 0.3) is 0 Å². The summed E-state index contributed by atoms with van der Waals surface area (Å²) in [6, 6.07) is 7.17. The number of carboxylic acid groups (broad SMARTS) is 1. The van der Waals surface area contributed by atoms with Gasteiger partial charge in [0.05, 0.1) is 12.1 Å². The molecule has 0 radical (unpaired) electrons. The summed E-state index contributed by atoms with van der Waals surface area (Å²) in [6.07, 6.45) is 1.86.